The van der Waals surface area contributed by atoms with Gasteiger partial charge < -0.3 is 11.1 Å². The SMILES string of the molecule is Cc1csc(-c2c(N)nsc2NC(C)C)n1. The molecule has 0 saturated carbocycles. The molecule has 0 fully saturated rings. The van der Waals surface area contributed by atoms with E-state index in [1.54, 1.807) is 11.3 Å². The molecule has 0 saturated heterocycles. The van der Waals surface area contributed by atoms with Gasteiger partial charge in [-0.2, -0.15) is 4.37 Å². The predicted octanol–water partition coefficient (Wildman–Crippen LogP) is 2.98. The Balaban J connectivity index is 2.42. The standard InChI is InChI=1S/C10H14N4S2/c1-5(2)12-10-7(8(11)14-16-10)9-13-6(3)4-15-9/h4-5,12H,1-3H3,(H2,11,14). The Bertz CT molecular complexity index is 487. The first-order chi connectivity index (χ1) is 7.58. The second kappa shape index (κ2) is 4.39. The van der Waals surface area contributed by atoms with Gasteiger partial charge in [0.25, 0.3) is 0 Å². The van der Waals surface area contributed by atoms with Crippen LogP contribution >= 0.6 is 22.9 Å². The number of nitrogens with one attached hydrogen (secondary N) is 1. The lowest BCUT2D eigenvalue weighted by molar-refractivity contribution is 0.905. The summed E-state index contributed by atoms with van der Waals surface area (Å²) >= 11 is 2.99. The van der Waals surface area contributed by atoms with Crippen molar-refractivity contribution in [1.29, 1.82) is 0 Å². The highest BCUT2D eigenvalue weighted by Gasteiger charge is 2.16. The van der Waals surface area contributed by atoms with Gasteiger partial charge in [-0.3, -0.25) is 0 Å². The van der Waals surface area contributed by atoms with Gasteiger partial charge in [0.05, 0.1) is 5.56 Å². The first-order valence-corrected chi connectivity index (χ1v) is 6.67. The largest absolute Gasteiger partial charge is 0.382 e. The summed E-state index contributed by atoms with van der Waals surface area (Å²) in [5.74, 6) is 0.558. The molecule has 2 aromatic heterocycles. The fourth-order valence-electron chi connectivity index (χ4n) is 1.34. The number of hydrogen-bond acceptors (Lipinski definition) is 6. The smallest absolute Gasteiger partial charge is 0.149 e. The number of nitrogens with zero attached hydrogens (tertiary/aromatic N) is 2. The summed E-state index contributed by atoms with van der Waals surface area (Å²) in [6.07, 6.45) is 0. The summed E-state index contributed by atoms with van der Waals surface area (Å²) in [5, 5.41) is 7.30. The summed E-state index contributed by atoms with van der Waals surface area (Å²) < 4.78 is 4.18. The monoisotopic (exact) mass is 254 g/mol. The van der Waals surface area contributed by atoms with Crippen molar-refractivity contribution in [1.82, 2.24) is 9.36 Å². The second-order valence-electron chi connectivity index (χ2n) is 3.87. The number of aromatic nitrogens is 2. The molecule has 0 spiro atoms. The van der Waals surface area contributed by atoms with Gasteiger partial charge in [-0.15, -0.1) is 11.3 Å². The summed E-state index contributed by atoms with van der Waals surface area (Å²) in [6, 6.07) is 0.361. The number of hydrogen-bond donors (Lipinski definition) is 2. The number of aryl methyl sites for hydroxylation is 1. The van der Waals surface area contributed by atoms with Crippen molar-refractivity contribution in [3.63, 3.8) is 0 Å². The summed E-state index contributed by atoms with van der Waals surface area (Å²) in [6.45, 7) is 6.16. The maximum Gasteiger partial charge on any atom is 0.149 e. The lowest BCUT2D eigenvalue weighted by Crippen LogP contribution is -2.09. The van der Waals surface area contributed by atoms with Crippen molar-refractivity contribution in [3.8, 4) is 10.6 Å². The molecule has 86 valence electrons. The molecule has 0 aromatic carbocycles. The lowest BCUT2D eigenvalue weighted by Gasteiger charge is -2.08. The first kappa shape index (κ1) is 11.3. The average molecular weight is 254 g/mol. The van der Waals surface area contributed by atoms with Crippen molar-refractivity contribution >= 4 is 33.7 Å². The van der Waals surface area contributed by atoms with E-state index in [9.17, 15) is 0 Å². The number of nitrogen functional groups attached to an aromatic ring is 1. The molecule has 2 rings (SSSR count). The van der Waals surface area contributed by atoms with Gasteiger partial charge in [0.2, 0.25) is 0 Å². The van der Waals surface area contributed by atoms with Crippen LogP contribution in [0.25, 0.3) is 10.6 Å². The van der Waals surface area contributed by atoms with Crippen LogP contribution in [-0.2, 0) is 0 Å². The van der Waals surface area contributed by atoms with E-state index in [2.05, 4.69) is 28.5 Å². The van der Waals surface area contributed by atoms with E-state index in [1.165, 1.54) is 11.5 Å². The molecule has 0 bridgehead atoms. The maximum absolute atomic E-state index is 5.88. The molecule has 0 aliphatic heterocycles. The Morgan fingerprint density at radius 2 is 2.19 bits per heavy atom. The van der Waals surface area contributed by atoms with Crippen LogP contribution in [0.2, 0.25) is 0 Å². The van der Waals surface area contributed by atoms with Crippen LogP contribution in [0.4, 0.5) is 10.8 Å². The molecule has 0 unspecified atom stereocenters. The molecule has 0 aliphatic rings. The van der Waals surface area contributed by atoms with Crippen LogP contribution in [0, 0.1) is 6.92 Å². The third-order valence-electron chi connectivity index (χ3n) is 1.97. The summed E-state index contributed by atoms with van der Waals surface area (Å²) in [5.41, 5.74) is 7.84. The molecule has 0 amide bonds. The van der Waals surface area contributed by atoms with Crippen molar-refractivity contribution in [2.45, 2.75) is 26.8 Å². The highest BCUT2D eigenvalue weighted by atomic mass is 32.1. The molecule has 6 heteroatoms. The Labute approximate surface area is 103 Å². The number of nitrogens with two attached hydrogens (primary N) is 1. The minimum Gasteiger partial charge on any atom is -0.382 e. The predicted molar refractivity (Wildman–Crippen MR) is 71.1 cm³/mol. The van der Waals surface area contributed by atoms with Gasteiger partial charge in [0.1, 0.15) is 15.8 Å². The van der Waals surface area contributed by atoms with Gasteiger partial charge in [0.15, 0.2) is 0 Å². The van der Waals surface area contributed by atoms with E-state index in [4.69, 9.17) is 5.73 Å². The topological polar surface area (TPSA) is 63.8 Å². The highest BCUT2D eigenvalue weighted by Crippen LogP contribution is 2.38. The van der Waals surface area contributed by atoms with E-state index in [0.717, 1.165) is 21.3 Å². The van der Waals surface area contributed by atoms with Gasteiger partial charge in [-0.1, -0.05) is 0 Å². The normalized spacial score (nSPS) is 11.0. The number of anilines is 2. The van der Waals surface area contributed by atoms with Gasteiger partial charge in [-0.05, 0) is 32.3 Å². The molecule has 0 radical (unpaired) electrons. The Morgan fingerprint density at radius 1 is 1.44 bits per heavy atom. The molecule has 2 heterocycles. The van der Waals surface area contributed by atoms with Gasteiger partial charge in [0, 0.05) is 17.1 Å². The maximum atomic E-state index is 5.88. The van der Waals surface area contributed by atoms with E-state index in [0.29, 0.717) is 11.9 Å². The first-order valence-electron chi connectivity index (χ1n) is 5.02. The van der Waals surface area contributed by atoms with Crippen LogP contribution in [0.3, 0.4) is 0 Å². The van der Waals surface area contributed by atoms with Gasteiger partial charge >= 0.3 is 0 Å². The quantitative estimate of drug-likeness (QED) is 0.884. The Hall–Kier alpha value is -1.14. The minimum absolute atomic E-state index is 0.361. The van der Waals surface area contributed by atoms with Crippen LogP contribution < -0.4 is 11.1 Å². The molecular weight excluding hydrogens is 240 g/mol. The lowest BCUT2D eigenvalue weighted by atomic mass is 10.3. The molecule has 4 nitrogen and oxygen atoms in total. The zero-order chi connectivity index (χ0) is 11.7. The third kappa shape index (κ3) is 2.17. The summed E-state index contributed by atoms with van der Waals surface area (Å²) in [4.78, 5) is 4.45. The molecule has 0 aliphatic carbocycles. The molecule has 16 heavy (non-hydrogen) atoms. The van der Waals surface area contributed by atoms with Crippen molar-refractivity contribution in [2.75, 3.05) is 11.1 Å². The van der Waals surface area contributed by atoms with Crippen LogP contribution in [0.1, 0.15) is 19.5 Å². The zero-order valence-electron chi connectivity index (χ0n) is 9.44. The number of thiazole rings is 1. The summed E-state index contributed by atoms with van der Waals surface area (Å²) in [7, 11) is 0. The third-order valence-corrected chi connectivity index (χ3v) is 3.74. The second-order valence-corrected chi connectivity index (χ2v) is 5.50. The van der Waals surface area contributed by atoms with E-state index < -0.39 is 0 Å². The van der Waals surface area contributed by atoms with Crippen molar-refractivity contribution in [3.05, 3.63) is 11.1 Å². The fourth-order valence-corrected chi connectivity index (χ4v) is 3.12. The molecule has 2 aromatic rings. The van der Waals surface area contributed by atoms with E-state index >= 15 is 0 Å². The van der Waals surface area contributed by atoms with E-state index in [-0.39, 0.29) is 0 Å². The fraction of sp³-hybridized carbons (Fsp3) is 0.400. The molecular formula is C10H14N4S2. The van der Waals surface area contributed by atoms with E-state index in [1.807, 2.05) is 12.3 Å². The van der Waals surface area contributed by atoms with Crippen LogP contribution in [-0.4, -0.2) is 15.4 Å². The van der Waals surface area contributed by atoms with Crippen LogP contribution in [0.5, 0.6) is 0 Å². The Kier molecular flexibility index (Phi) is 3.11. The Morgan fingerprint density at radius 3 is 2.75 bits per heavy atom. The van der Waals surface area contributed by atoms with Crippen molar-refractivity contribution < 1.29 is 0 Å². The molecule has 0 atom stereocenters. The van der Waals surface area contributed by atoms with Crippen LogP contribution in [0.15, 0.2) is 5.38 Å². The van der Waals surface area contributed by atoms with Crippen molar-refractivity contribution in [2.24, 2.45) is 0 Å². The van der Waals surface area contributed by atoms with Gasteiger partial charge in [-0.25, -0.2) is 4.98 Å². The number of rotatable bonds is 3. The minimum atomic E-state index is 0.361. The zero-order valence-corrected chi connectivity index (χ0v) is 11.1. The molecule has 3 N–H and O–H groups in total. The highest BCUT2D eigenvalue weighted by molar-refractivity contribution is 7.15. The average Bonchev–Trinajstić information content (AvgIpc) is 2.73.